The topological polar surface area (TPSA) is 96.7 Å². The first-order valence-electron chi connectivity index (χ1n) is 6.55. The van der Waals surface area contributed by atoms with Gasteiger partial charge in [0, 0.05) is 6.42 Å². The van der Waals surface area contributed by atoms with E-state index in [-0.39, 0.29) is 11.3 Å². The van der Waals surface area contributed by atoms with Crippen LogP contribution in [0, 0.1) is 5.41 Å². The van der Waals surface area contributed by atoms with Crippen molar-refractivity contribution in [3.8, 4) is 0 Å². The van der Waals surface area contributed by atoms with Crippen molar-refractivity contribution >= 4 is 5.91 Å². The molecule has 0 atom stereocenters. The van der Waals surface area contributed by atoms with Crippen molar-refractivity contribution in [2.24, 2.45) is 11.1 Å². The summed E-state index contributed by atoms with van der Waals surface area (Å²) in [5, 5.41) is 9.32. The molecule has 100 valence electrons. The first-order chi connectivity index (χ1) is 8.74. The number of hydrogen-bond acceptors (Lipinski definition) is 4. The highest BCUT2D eigenvalue weighted by Gasteiger charge is 2.32. The van der Waals surface area contributed by atoms with E-state index in [9.17, 15) is 4.79 Å². The predicted octanol–water partition coefficient (Wildman–Crippen LogP) is 0.720. The largest absolute Gasteiger partial charge is 0.349 e. The highest BCUT2D eigenvalue weighted by Crippen LogP contribution is 2.38. The SMILES string of the molecule is NCC1(CC(=O)NCc2ncn[nH]2)CCCCC1. The molecule has 18 heavy (non-hydrogen) atoms. The Morgan fingerprint density at radius 3 is 2.83 bits per heavy atom. The van der Waals surface area contributed by atoms with Gasteiger partial charge in [-0.1, -0.05) is 19.3 Å². The lowest BCUT2D eigenvalue weighted by molar-refractivity contribution is -0.124. The minimum absolute atomic E-state index is 0.0176. The average Bonchev–Trinajstić information content (AvgIpc) is 2.91. The summed E-state index contributed by atoms with van der Waals surface area (Å²) in [5.41, 5.74) is 5.89. The highest BCUT2D eigenvalue weighted by molar-refractivity contribution is 5.76. The summed E-state index contributed by atoms with van der Waals surface area (Å²) in [4.78, 5) is 15.9. The Morgan fingerprint density at radius 1 is 1.44 bits per heavy atom. The molecule has 1 heterocycles. The van der Waals surface area contributed by atoms with Crippen molar-refractivity contribution in [1.29, 1.82) is 0 Å². The first-order valence-corrected chi connectivity index (χ1v) is 6.55. The Hall–Kier alpha value is -1.43. The molecule has 6 nitrogen and oxygen atoms in total. The zero-order valence-electron chi connectivity index (χ0n) is 10.6. The number of rotatable bonds is 5. The van der Waals surface area contributed by atoms with Crippen LogP contribution in [-0.2, 0) is 11.3 Å². The van der Waals surface area contributed by atoms with Gasteiger partial charge in [-0.25, -0.2) is 4.98 Å². The molecule has 6 heteroatoms. The number of aromatic nitrogens is 3. The molecule has 1 fully saturated rings. The van der Waals surface area contributed by atoms with Gasteiger partial charge in [0.25, 0.3) is 0 Å². The molecular weight excluding hydrogens is 230 g/mol. The summed E-state index contributed by atoms with van der Waals surface area (Å²) in [6, 6.07) is 0. The number of carbonyl (C=O) groups is 1. The number of carbonyl (C=O) groups excluding carboxylic acids is 1. The molecule has 0 bridgehead atoms. The standard InChI is InChI=1S/C12H21N5O/c13-8-12(4-2-1-3-5-12)6-11(18)14-7-10-15-9-16-17-10/h9H,1-8,13H2,(H,14,18)(H,15,16,17). The average molecular weight is 251 g/mol. The van der Waals surface area contributed by atoms with Crippen LogP contribution in [0.25, 0.3) is 0 Å². The summed E-state index contributed by atoms with van der Waals surface area (Å²) in [5.74, 6) is 0.729. The second-order valence-corrected chi connectivity index (χ2v) is 5.15. The summed E-state index contributed by atoms with van der Waals surface area (Å²) < 4.78 is 0. The molecule has 1 saturated carbocycles. The van der Waals surface area contributed by atoms with Crippen LogP contribution in [0.1, 0.15) is 44.3 Å². The van der Waals surface area contributed by atoms with Crippen molar-refractivity contribution in [2.45, 2.75) is 45.1 Å². The molecule has 1 aliphatic rings. The lowest BCUT2D eigenvalue weighted by atomic mass is 9.71. The van der Waals surface area contributed by atoms with Gasteiger partial charge in [0.15, 0.2) is 0 Å². The fraction of sp³-hybridized carbons (Fsp3) is 0.750. The van der Waals surface area contributed by atoms with Gasteiger partial charge in [-0.3, -0.25) is 9.89 Å². The Kier molecular flexibility index (Phi) is 4.30. The molecule has 4 N–H and O–H groups in total. The van der Waals surface area contributed by atoms with Gasteiger partial charge >= 0.3 is 0 Å². The Morgan fingerprint density at radius 2 is 2.22 bits per heavy atom. The van der Waals surface area contributed by atoms with Gasteiger partial charge in [0.2, 0.25) is 5.91 Å². The number of amides is 1. The van der Waals surface area contributed by atoms with Crippen molar-refractivity contribution in [2.75, 3.05) is 6.54 Å². The van der Waals surface area contributed by atoms with E-state index >= 15 is 0 Å². The lowest BCUT2D eigenvalue weighted by Crippen LogP contribution is -2.38. The molecule has 1 amide bonds. The molecule has 0 saturated heterocycles. The molecule has 0 spiro atoms. The maximum atomic E-state index is 11.9. The number of nitrogens with one attached hydrogen (secondary N) is 2. The van der Waals surface area contributed by atoms with Gasteiger partial charge in [-0.15, -0.1) is 0 Å². The van der Waals surface area contributed by atoms with Crippen LogP contribution >= 0.6 is 0 Å². The summed E-state index contributed by atoms with van der Waals surface area (Å²) >= 11 is 0. The van der Waals surface area contributed by atoms with E-state index in [1.54, 1.807) is 0 Å². The fourth-order valence-corrected chi connectivity index (χ4v) is 2.66. The Labute approximate surface area is 107 Å². The molecular formula is C12H21N5O. The summed E-state index contributed by atoms with van der Waals surface area (Å²) in [7, 11) is 0. The van der Waals surface area contributed by atoms with Gasteiger partial charge in [-0.2, -0.15) is 5.10 Å². The zero-order chi connectivity index (χ0) is 12.8. The van der Waals surface area contributed by atoms with Crippen LogP contribution in [0.5, 0.6) is 0 Å². The van der Waals surface area contributed by atoms with Crippen molar-refractivity contribution in [3.63, 3.8) is 0 Å². The minimum Gasteiger partial charge on any atom is -0.349 e. The molecule has 0 aliphatic heterocycles. The van der Waals surface area contributed by atoms with E-state index in [2.05, 4.69) is 20.5 Å². The monoisotopic (exact) mass is 251 g/mol. The molecule has 0 radical (unpaired) electrons. The minimum atomic E-state index is 0.0176. The summed E-state index contributed by atoms with van der Waals surface area (Å²) in [6.45, 7) is 1.00. The molecule has 1 aliphatic carbocycles. The predicted molar refractivity (Wildman–Crippen MR) is 67.4 cm³/mol. The van der Waals surface area contributed by atoms with Crippen LogP contribution in [0.15, 0.2) is 6.33 Å². The van der Waals surface area contributed by atoms with Crippen LogP contribution in [-0.4, -0.2) is 27.6 Å². The van der Waals surface area contributed by atoms with E-state index in [1.807, 2.05) is 0 Å². The number of nitrogens with two attached hydrogens (primary N) is 1. The fourth-order valence-electron chi connectivity index (χ4n) is 2.66. The van der Waals surface area contributed by atoms with Gasteiger partial charge in [0.1, 0.15) is 12.2 Å². The number of H-pyrrole nitrogens is 1. The van der Waals surface area contributed by atoms with E-state index in [4.69, 9.17) is 5.73 Å². The summed E-state index contributed by atoms with van der Waals surface area (Å²) in [6.07, 6.45) is 7.74. The third-order valence-electron chi connectivity index (χ3n) is 3.80. The first kappa shape index (κ1) is 13.0. The van der Waals surface area contributed by atoms with Gasteiger partial charge in [0.05, 0.1) is 6.54 Å². The maximum absolute atomic E-state index is 11.9. The van der Waals surface area contributed by atoms with Crippen LogP contribution < -0.4 is 11.1 Å². The van der Waals surface area contributed by atoms with E-state index in [0.29, 0.717) is 25.3 Å². The molecule has 1 aromatic heterocycles. The van der Waals surface area contributed by atoms with Gasteiger partial charge in [-0.05, 0) is 24.8 Å². The third-order valence-corrected chi connectivity index (χ3v) is 3.80. The third kappa shape index (κ3) is 3.29. The molecule has 0 aromatic carbocycles. The van der Waals surface area contributed by atoms with Crippen LogP contribution in [0.2, 0.25) is 0 Å². The number of nitrogens with zero attached hydrogens (tertiary/aromatic N) is 2. The number of hydrogen-bond donors (Lipinski definition) is 3. The molecule has 0 unspecified atom stereocenters. The zero-order valence-corrected chi connectivity index (χ0v) is 10.6. The van der Waals surface area contributed by atoms with Crippen molar-refractivity contribution < 1.29 is 4.79 Å². The maximum Gasteiger partial charge on any atom is 0.220 e. The lowest BCUT2D eigenvalue weighted by Gasteiger charge is -2.35. The Bertz CT molecular complexity index is 370. The highest BCUT2D eigenvalue weighted by atomic mass is 16.1. The molecule has 2 rings (SSSR count). The van der Waals surface area contributed by atoms with Crippen LogP contribution in [0.4, 0.5) is 0 Å². The van der Waals surface area contributed by atoms with E-state index in [1.165, 1.54) is 25.6 Å². The smallest absolute Gasteiger partial charge is 0.220 e. The van der Waals surface area contributed by atoms with Crippen molar-refractivity contribution in [1.82, 2.24) is 20.5 Å². The molecule has 1 aromatic rings. The quantitative estimate of drug-likeness (QED) is 0.718. The second-order valence-electron chi connectivity index (χ2n) is 5.15. The van der Waals surface area contributed by atoms with E-state index < -0.39 is 0 Å². The van der Waals surface area contributed by atoms with Gasteiger partial charge < -0.3 is 11.1 Å². The normalized spacial score (nSPS) is 18.5. The van der Waals surface area contributed by atoms with Crippen LogP contribution in [0.3, 0.4) is 0 Å². The Balaban J connectivity index is 1.81. The second kappa shape index (κ2) is 5.95. The van der Waals surface area contributed by atoms with Crippen molar-refractivity contribution in [3.05, 3.63) is 12.2 Å². The van der Waals surface area contributed by atoms with E-state index in [0.717, 1.165) is 12.8 Å². The number of aromatic amines is 1.